The summed E-state index contributed by atoms with van der Waals surface area (Å²) in [4.78, 5) is 11.0. The minimum atomic E-state index is -0.109. The van der Waals surface area contributed by atoms with Gasteiger partial charge in [-0.2, -0.15) is 11.3 Å². The zero-order valence-electron chi connectivity index (χ0n) is 8.19. The van der Waals surface area contributed by atoms with Gasteiger partial charge < -0.3 is 4.74 Å². The van der Waals surface area contributed by atoms with E-state index in [-0.39, 0.29) is 5.97 Å². The van der Waals surface area contributed by atoms with Crippen molar-refractivity contribution in [3.05, 3.63) is 22.4 Å². The lowest BCUT2D eigenvalue weighted by molar-refractivity contribution is -0.139. The zero-order chi connectivity index (χ0) is 10.2. The van der Waals surface area contributed by atoms with Crippen molar-refractivity contribution in [2.75, 3.05) is 18.1 Å². The van der Waals surface area contributed by atoms with E-state index >= 15 is 0 Å². The molecule has 0 spiro atoms. The number of thioether (sulfide) groups is 1. The Kier molecular flexibility index (Phi) is 5.71. The van der Waals surface area contributed by atoms with Crippen molar-refractivity contribution >= 4 is 29.1 Å². The van der Waals surface area contributed by atoms with Gasteiger partial charge in [-0.15, -0.1) is 11.8 Å². The first-order valence-corrected chi connectivity index (χ1v) is 6.67. The number of carbonyl (C=O) groups is 1. The van der Waals surface area contributed by atoms with E-state index < -0.39 is 0 Å². The Labute approximate surface area is 92.7 Å². The Balaban J connectivity index is 2.02. The van der Waals surface area contributed by atoms with Crippen molar-refractivity contribution in [2.24, 2.45) is 0 Å². The van der Waals surface area contributed by atoms with E-state index in [0.29, 0.717) is 12.4 Å². The van der Waals surface area contributed by atoms with Crippen LogP contribution in [0.15, 0.2) is 16.8 Å². The van der Waals surface area contributed by atoms with Crippen molar-refractivity contribution < 1.29 is 9.53 Å². The normalized spacial score (nSPS) is 10.1. The molecule has 14 heavy (non-hydrogen) atoms. The van der Waals surface area contributed by atoms with Crippen LogP contribution in [0.3, 0.4) is 0 Å². The van der Waals surface area contributed by atoms with E-state index in [4.69, 9.17) is 4.74 Å². The number of ether oxygens (including phenoxy) is 1. The highest BCUT2D eigenvalue weighted by molar-refractivity contribution is 7.99. The first-order chi connectivity index (χ1) is 6.83. The molecule has 0 saturated carbocycles. The second-order valence-electron chi connectivity index (χ2n) is 2.74. The van der Waals surface area contributed by atoms with Crippen LogP contribution in [-0.4, -0.2) is 24.1 Å². The lowest BCUT2D eigenvalue weighted by atomic mass is 10.3. The molecule has 4 heteroatoms. The summed E-state index contributed by atoms with van der Waals surface area (Å²) >= 11 is 3.34. The third-order valence-corrected chi connectivity index (χ3v) is 3.31. The lowest BCUT2D eigenvalue weighted by Crippen LogP contribution is -2.07. The summed E-state index contributed by atoms with van der Waals surface area (Å²) < 4.78 is 4.82. The van der Waals surface area contributed by atoms with Gasteiger partial charge >= 0.3 is 5.97 Å². The SMILES string of the molecule is CCOC(=O)CSCCc1ccsc1. The summed E-state index contributed by atoms with van der Waals surface area (Å²) in [6, 6.07) is 2.12. The molecule has 0 aromatic carbocycles. The fourth-order valence-corrected chi connectivity index (χ4v) is 2.46. The Bertz CT molecular complexity index is 257. The Morgan fingerprint density at radius 2 is 2.50 bits per heavy atom. The summed E-state index contributed by atoms with van der Waals surface area (Å²) in [5.41, 5.74) is 1.35. The molecule has 0 atom stereocenters. The number of carbonyl (C=O) groups excluding carboxylic acids is 1. The van der Waals surface area contributed by atoms with Gasteiger partial charge in [-0.3, -0.25) is 4.79 Å². The minimum Gasteiger partial charge on any atom is -0.465 e. The maximum absolute atomic E-state index is 11.0. The molecule has 2 nitrogen and oxygen atoms in total. The minimum absolute atomic E-state index is 0.109. The van der Waals surface area contributed by atoms with Crippen LogP contribution in [0.2, 0.25) is 0 Å². The lowest BCUT2D eigenvalue weighted by Gasteiger charge is -2.00. The molecule has 0 fully saturated rings. The van der Waals surface area contributed by atoms with Gasteiger partial charge in [-0.1, -0.05) is 0 Å². The highest BCUT2D eigenvalue weighted by Gasteiger charge is 2.01. The molecule has 1 aromatic rings. The zero-order valence-corrected chi connectivity index (χ0v) is 9.83. The second kappa shape index (κ2) is 6.90. The highest BCUT2D eigenvalue weighted by Crippen LogP contribution is 2.10. The quantitative estimate of drug-likeness (QED) is 0.555. The molecular formula is C10H14O2S2. The van der Waals surface area contributed by atoms with Crippen LogP contribution in [0.5, 0.6) is 0 Å². The molecular weight excluding hydrogens is 216 g/mol. The molecule has 1 aromatic heterocycles. The Hall–Kier alpha value is -0.480. The summed E-state index contributed by atoms with van der Waals surface area (Å²) in [6.45, 7) is 2.30. The van der Waals surface area contributed by atoms with E-state index in [1.54, 1.807) is 23.1 Å². The first kappa shape index (κ1) is 11.6. The smallest absolute Gasteiger partial charge is 0.315 e. The number of esters is 1. The van der Waals surface area contributed by atoms with Gasteiger partial charge in [0.15, 0.2) is 0 Å². The van der Waals surface area contributed by atoms with Crippen molar-refractivity contribution in [2.45, 2.75) is 13.3 Å². The number of hydrogen-bond donors (Lipinski definition) is 0. The first-order valence-electron chi connectivity index (χ1n) is 4.57. The van der Waals surface area contributed by atoms with Crippen LogP contribution >= 0.6 is 23.1 Å². The van der Waals surface area contributed by atoms with Crippen LogP contribution in [-0.2, 0) is 16.0 Å². The van der Waals surface area contributed by atoms with E-state index in [1.165, 1.54) is 5.56 Å². The van der Waals surface area contributed by atoms with Gasteiger partial charge in [-0.05, 0) is 41.5 Å². The van der Waals surface area contributed by atoms with Crippen molar-refractivity contribution in [1.29, 1.82) is 0 Å². The van der Waals surface area contributed by atoms with Crippen LogP contribution < -0.4 is 0 Å². The monoisotopic (exact) mass is 230 g/mol. The van der Waals surface area contributed by atoms with E-state index in [2.05, 4.69) is 16.8 Å². The maximum Gasteiger partial charge on any atom is 0.315 e. The number of rotatable bonds is 6. The van der Waals surface area contributed by atoms with Gasteiger partial charge in [0.25, 0.3) is 0 Å². The van der Waals surface area contributed by atoms with Crippen LogP contribution in [0, 0.1) is 0 Å². The van der Waals surface area contributed by atoms with Gasteiger partial charge in [0.2, 0.25) is 0 Å². The fraction of sp³-hybridized carbons (Fsp3) is 0.500. The predicted molar refractivity (Wildman–Crippen MR) is 62.0 cm³/mol. The third-order valence-electron chi connectivity index (χ3n) is 1.64. The molecule has 0 saturated heterocycles. The van der Waals surface area contributed by atoms with Crippen molar-refractivity contribution in [3.63, 3.8) is 0 Å². The van der Waals surface area contributed by atoms with Crippen molar-refractivity contribution in [3.8, 4) is 0 Å². The summed E-state index contributed by atoms with van der Waals surface area (Å²) in [5, 5.41) is 4.22. The molecule has 0 unspecified atom stereocenters. The number of thiophene rings is 1. The molecule has 0 N–H and O–H groups in total. The molecule has 0 amide bonds. The molecule has 0 aliphatic heterocycles. The van der Waals surface area contributed by atoms with Gasteiger partial charge in [-0.25, -0.2) is 0 Å². The van der Waals surface area contributed by atoms with Crippen LogP contribution in [0.4, 0.5) is 0 Å². The summed E-state index contributed by atoms with van der Waals surface area (Å²) in [7, 11) is 0. The molecule has 1 heterocycles. The molecule has 0 aliphatic carbocycles. The van der Waals surface area contributed by atoms with Crippen molar-refractivity contribution in [1.82, 2.24) is 0 Å². The maximum atomic E-state index is 11.0. The Morgan fingerprint density at radius 1 is 1.64 bits per heavy atom. The standard InChI is InChI=1S/C10H14O2S2/c1-2-12-10(11)8-14-6-4-9-3-5-13-7-9/h3,5,7H,2,4,6,8H2,1H3. The topological polar surface area (TPSA) is 26.3 Å². The fourth-order valence-electron chi connectivity index (χ4n) is 0.983. The highest BCUT2D eigenvalue weighted by atomic mass is 32.2. The van der Waals surface area contributed by atoms with Crippen LogP contribution in [0.25, 0.3) is 0 Å². The molecule has 1 rings (SSSR count). The summed E-state index contributed by atoms with van der Waals surface area (Å²) in [5.74, 6) is 1.34. The summed E-state index contributed by atoms with van der Waals surface area (Å²) in [6.07, 6.45) is 1.04. The average Bonchev–Trinajstić information content (AvgIpc) is 2.65. The third kappa shape index (κ3) is 4.67. The largest absolute Gasteiger partial charge is 0.465 e. The predicted octanol–water partition coefficient (Wildman–Crippen LogP) is 2.59. The van der Waals surface area contributed by atoms with Gasteiger partial charge in [0, 0.05) is 0 Å². The van der Waals surface area contributed by atoms with E-state index in [9.17, 15) is 4.79 Å². The molecule has 0 bridgehead atoms. The van der Waals surface area contributed by atoms with Gasteiger partial charge in [0.05, 0.1) is 12.4 Å². The molecule has 0 aliphatic rings. The molecule has 0 radical (unpaired) electrons. The Morgan fingerprint density at radius 3 is 3.14 bits per heavy atom. The van der Waals surface area contributed by atoms with E-state index in [0.717, 1.165) is 12.2 Å². The van der Waals surface area contributed by atoms with E-state index in [1.807, 2.05) is 6.92 Å². The second-order valence-corrected chi connectivity index (χ2v) is 4.62. The number of aryl methyl sites for hydroxylation is 1. The molecule has 78 valence electrons. The average molecular weight is 230 g/mol. The number of hydrogen-bond acceptors (Lipinski definition) is 4. The van der Waals surface area contributed by atoms with Crippen LogP contribution in [0.1, 0.15) is 12.5 Å². The van der Waals surface area contributed by atoms with Gasteiger partial charge in [0.1, 0.15) is 0 Å².